The van der Waals surface area contributed by atoms with Gasteiger partial charge in [0.05, 0.1) is 30.5 Å². The fraction of sp³-hybridized carbons (Fsp3) is 0.208. The molecule has 5 rings (SSSR count). The first-order valence-corrected chi connectivity index (χ1v) is 12.9. The van der Waals surface area contributed by atoms with E-state index in [4.69, 9.17) is 9.47 Å². The van der Waals surface area contributed by atoms with Gasteiger partial charge in [0.2, 0.25) is 0 Å². The Morgan fingerprint density at radius 3 is 2.50 bits per heavy atom. The summed E-state index contributed by atoms with van der Waals surface area (Å²) in [6.45, 7) is 0.407. The predicted molar refractivity (Wildman–Crippen MR) is 131 cm³/mol. The molecular weight excluding hydrogens is 474 g/mol. The minimum Gasteiger partial charge on any atom is -0.493 e. The van der Waals surface area contributed by atoms with Gasteiger partial charge in [0.15, 0.2) is 17.0 Å². The van der Waals surface area contributed by atoms with Crippen LogP contribution >= 0.6 is 11.8 Å². The Morgan fingerprint density at radius 1 is 1.06 bits per heavy atom. The molecule has 0 spiro atoms. The maximum atomic E-state index is 13.2. The zero-order valence-electron chi connectivity index (χ0n) is 18.6. The molecule has 1 unspecified atom stereocenters. The third kappa shape index (κ3) is 3.92. The molecule has 0 saturated heterocycles. The number of hydrogen-bond acceptors (Lipinski definition) is 7. The predicted octanol–water partition coefficient (Wildman–Crippen LogP) is 3.69. The molecule has 2 aliphatic rings. The maximum absolute atomic E-state index is 13.2. The number of fused-ring (bicyclic) bond motifs is 2. The number of carbonyl (C=O) groups is 1. The van der Waals surface area contributed by atoms with Crippen molar-refractivity contribution in [3.8, 4) is 11.5 Å². The Labute approximate surface area is 202 Å². The van der Waals surface area contributed by atoms with Crippen molar-refractivity contribution in [2.45, 2.75) is 21.7 Å². The number of thioether (sulfide) groups is 1. The molecule has 2 heterocycles. The molecule has 0 aliphatic carbocycles. The molecule has 0 aromatic heterocycles. The van der Waals surface area contributed by atoms with E-state index in [1.54, 1.807) is 14.2 Å². The highest BCUT2D eigenvalue weighted by Gasteiger charge is 2.31. The highest BCUT2D eigenvalue weighted by atomic mass is 32.2. The smallest absolute Gasteiger partial charge is 0.264 e. The van der Waals surface area contributed by atoms with Crippen molar-refractivity contribution in [3.05, 3.63) is 71.8 Å². The Balaban J connectivity index is 1.28. The van der Waals surface area contributed by atoms with Crippen LogP contribution in [0.3, 0.4) is 0 Å². The standard InChI is InChI=1S/C24H23N3O5S2/c1-31-20-13-18-22(14-21(20)32-2)33-24(25-18)26-23(28)16-7-9-17(10-8-16)34(29,30)27-12-11-15-5-3-4-6-19(15)27/h3-10,13-14,24-25H,11-12H2,1-2H3,(H,26,28). The molecule has 34 heavy (non-hydrogen) atoms. The van der Waals surface area contributed by atoms with Gasteiger partial charge >= 0.3 is 0 Å². The lowest BCUT2D eigenvalue weighted by molar-refractivity contribution is 0.0953. The number of hydrogen-bond donors (Lipinski definition) is 2. The molecule has 10 heteroatoms. The lowest BCUT2D eigenvalue weighted by Crippen LogP contribution is -2.35. The molecule has 3 aromatic carbocycles. The molecule has 1 amide bonds. The molecule has 3 aromatic rings. The minimum atomic E-state index is -3.71. The van der Waals surface area contributed by atoms with Crippen molar-refractivity contribution < 1.29 is 22.7 Å². The average Bonchev–Trinajstić information content (AvgIpc) is 3.46. The van der Waals surface area contributed by atoms with E-state index >= 15 is 0 Å². The highest BCUT2D eigenvalue weighted by molar-refractivity contribution is 8.00. The van der Waals surface area contributed by atoms with Crippen LogP contribution in [0.4, 0.5) is 11.4 Å². The molecule has 0 fully saturated rings. The lowest BCUT2D eigenvalue weighted by Gasteiger charge is -2.19. The van der Waals surface area contributed by atoms with Gasteiger partial charge in [0, 0.05) is 23.1 Å². The van der Waals surface area contributed by atoms with Crippen molar-refractivity contribution in [1.82, 2.24) is 5.32 Å². The zero-order valence-corrected chi connectivity index (χ0v) is 20.2. The van der Waals surface area contributed by atoms with Gasteiger partial charge in [0.25, 0.3) is 15.9 Å². The van der Waals surface area contributed by atoms with E-state index in [9.17, 15) is 13.2 Å². The molecule has 2 N–H and O–H groups in total. The van der Waals surface area contributed by atoms with Crippen LogP contribution in [0.5, 0.6) is 11.5 Å². The Kier molecular flexibility index (Phi) is 5.78. The summed E-state index contributed by atoms with van der Waals surface area (Å²) in [5.74, 6) is 0.894. The number of nitrogens with zero attached hydrogens (tertiary/aromatic N) is 1. The lowest BCUT2D eigenvalue weighted by atomic mass is 10.2. The summed E-state index contributed by atoms with van der Waals surface area (Å²) in [7, 11) is -0.565. The molecule has 0 bridgehead atoms. The first-order chi connectivity index (χ1) is 16.4. The summed E-state index contributed by atoms with van der Waals surface area (Å²) in [5.41, 5.74) is 2.54. The van der Waals surface area contributed by atoms with Crippen LogP contribution in [0, 0.1) is 0 Å². The van der Waals surface area contributed by atoms with Crippen LogP contribution in [0.2, 0.25) is 0 Å². The van der Waals surface area contributed by atoms with Crippen LogP contribution in [-0.2, 0) is 16.4 Å². The number of sulfonamides is 1. The number of para-hydroxylation sites is 1. The van der Waals surface area contributed by atoms with E-state index in [2.05, 4.69) is 10.6 Å². The minimum absolute atomic E-state index is 0.153. The normalized spacial score (nSPS) is 16.4. The molecule has 2 aliphatic heterocycles. The Bertz CT molecular complexity index is 1330. The van der Waals surface area contributed by atoms with Crippen molar-refractivity contribution in [1.29, 1.82) is 0 Å². The number of benzene rings is 3. The van der Waals surface area contributed by atoms with Crippen LogP contribution < -0.4 is 24.4 Å². The number of nitrogens with one attached hydrogen (secondary N) is 2. The molecular formula is C24H23N3O5S2. The van der Waals surface area contributed by atoms with E-state index in [-0.39, 0.29) is 16.3 Å². The zero-order chi connectivity index (χ0) is 23.9. The first-order valence-electron chi connectivity index (χ1n) is 10.6. The summed E-state index contributed by atoms with van der Waals surface area (Å²) in [6.07, 6.45) is 0.683. The summed E-state index contributed by atoms with van der Waals surface area (Å²) < 4.78 is 38.4. The number of anilines is 2. The second-order valence-electron chi connectivity index (χ2n) is 7.80. The van der Waals surface area contributed by atoms with Crippen LogP contribution in [-0.4, -0.2) is 40.6 Å². The summed E-state index contributed by atoms with van der Waals surface area (Å²) in [5, 5.41) is 6.15. The van der Waals surface area contributed by atoms with E-state index in [1.165, 1.54) is 40.3 Å². The Morgan fingerprint density at radius 2 is 1.76 bits per heavy atom. The van der Waals surface area contributed by atoms with Crippen molar-refractivity contribution >= 4 is 39.1 Å². The van der Waals surface area contributed by atoms with E-state index in [0.29, 0.717) is 35.7 Å². The number of methoxy groups -OCH3 is 2. The third-order valence-corrected chi connectivity index (χ3v) is 8.72. The second-order valence-corrected chi connectivity index (χ2v) is 10.8. The Hall–Kier alpha value is -3.37. The van der Waals surface area contributed by atoms with Gasteiger partial charge in [-0.3, -0.25) is 9.10 Å². The number of rotatable bonds is 6. The van der Waals surface area contributed by atoms with Gasteiger partial charge in [-0.2, -0.15) is 0 Å². The van der Waals surface area contributed by atoms with Crippen LogP contribution in [0.1, 0.15) is 15.9 Å². The van der Waals surface area contributed by atoms with Gasteiger partial charge < -0.3 is 20.1 Å². The number of amides is 1. The van der Waals surface area contributed by atoms with Gasteiger partial charge in [-0.15, -0.1) is 0 Å². The fourth-order valence-corrected chi connectivity index (χ4v) is 6.63. The van der Waals surface area contributed by atoms with Crippen molar-refractivity contribution in [2.75, 3.05) is 30.4 Å². The van der Waals surface area contributed by atoms with Crippen molar-refractivity contribution in [3.63, 3.8) is 0 Å². The van der Waals surface area contributed by atoms with E-state index in [0.717, 1.165) is 16.1 Å². The summed E-state index contributed by atoms with van der Waals surface area (Å²) in [4.78, 5) is 13.9. The molecule has 0 saturated carbocycles. The SMILES string of the molecule is COc1cc2c(cc1OC)SC(NC(=O)c1ccc(S(=O)(=O)N3CCc4ccccc43)cc1)N2. The molecule has 8 nitrogen and oxygen atoms in total. The van der Waals surface area contributed by atoms with Gasteiger partial charge in [-0.25, -0.2) is 8.42 Å². The van der Waals surface area contributed by atoms with Crippen LogP contribution in [0.15, 0.2) is 70.5 Å². The topological polar surface area (TPSA) is 97.0 Å². The summed E-state index contributed by atoms with van der Waals surface area (Å²) in [6, 6.07) is 17.2. The second kappa shape index (κ2) is 8.77. The van der Waals surface area contributed by atoms with Crippen LogP contribution in [0.25, 0.3) is 0 Å². The molecule has 176 valence electrons. The third-order valence-electron chi connectivity index (χ3n) is 5.83. The van der Waals surface area contributed by atoms with Gasteiger partial charge in [0.1, 0.15) is 0 Å². The fourth-order valence-electron chi connectivity index (χ4n) is 4.10. The van der Waals surface area contributed by atoms with Gasteiger partial charge in [-0.1, -0.05) is 30.0 Å². The first kappa shape index (κ1) is 22.4. The summed E-state index contributed by atoms with van der Waals surface area (Å²) >= 11 is 1.44. The average molecular weight is 498 g/mol. The highest BCUT2D eigenvalue weighted by Crippen LogP contribution is 2.44. The quantitative estimate of drug-likeness (QED) is 0.536. The molecule has 1 atom stereocenters. The van der Waals surface area contributed by atoms with Crippen molar-refractivity contribution in [2.24, 2.45) is 0 Å². The monoisotopic (exact) mass is 497 g/mol. The van der Waals surface area contributed by atoms with Gasteiger partial charge in [-0.05, 0) is 48.4 Å². The van der Waals surface area contributed by atoms with E-state index in [1.807, 2.05) is 36.4 Å². The molecule has 0 radical (unpaired) electrons. The van der Waals surface area contributed by atoms with E-state index < -0.39 is 10.0 Å². The largest absolute Gasteiger partial charge is 0.493 e. The number of ether oxygens (including phenoxy) is 2. The maximum Gasteiger partial charge on any atom is 0.264 e. The number of carbonyl (C=O) groups excluding carboxylic acids is 1.